The SMILES string of the molecule is COCCNCCC(=O)Nc1ccc(Cl)cc1C(F)(F)F. The van der Waals surface area contributed by atoms with Crippen LogP contribution in [0.2, 0.25) is 5.02 Å². The number of carbonyl (C=O) groups excluding carboxylic acids is 1. The standard InChI is InChI=1S/C13H16ClF3N2O2/c1-21-7-6-18-5-4-12(20)19-11-3-2-9(14)8-10(11)13(15,16)17/h2-3,8,18H,4-7H2,1H3,(H,19,20). The highest BCUT2D eigenvalue weighted by Gasteiger charge is 2.34. The van der Waals surface area contributed by atoms with E-state index in [0.29, 0.717) is 19.7 Å². The Morgan fingerprint density at radius 1 is 1.33 bits per heavy atom. The average Bonchev–Trinajstić information content (AvgIpc) is 2.39. The molecule has 1 aromatic carbocycles. The van der Waals surface area contributed by atoms with E-state index in [0.717, 1.165) is 12.1 Å². The van der Waals surface area contributed by atoms with Gasteiger partial charge in [-0.3, -0.25) is 4.79 Å². The number of amides is 1. The zero-order valence-corrected chi connectivity index (χ0v) is 12.1. The third kappa shape index (κ3) is 6.33. The second-order valence-electron chi connectivity index (χ2n) is 4.23. The fourth-order valence-electron chi connectivity index (χ4n) is 1.57. The van der Waals surface area contributed by atoms with Crippen LogP contribution in [0.25, 0.3) is 0 Å². The molecule has 0 radical (unpaired) electrons. The molecule has 1 rings (SSSR count). The fourth-order valence-corrected chi connectivity index (χ4v) is 1.75. The smallest absolute Gasteiger partial charge is 0.383 e. The summed E-state index contributed by atoms with van der Waals surface area (Å²) in [7, 11) is 1.55. The van der Waals surface area contributed by atoms with Crippen LogP contribution in [0.5, 0.6) is 0 Å². The zero-order chi connectivity index (χ0) is 15.9. The van der Waals surface area contributed by atoms with Crippen molar-refractivity contribution in [2.45, 2.75) is 12.6 Å². The maximum Gasteiger partial charge on any atom is 0.418 e. The Labute approximate surface area is 125 Å². The number of nitrogens with one attached hydrogen (secondary N) is 2. The van der Waals surface area contributed by atoms with Crippen LogP contribution in [0.3, 0.4) is 0 Å². The van der Waals surface area contributed by atoms with Gasteiger partial charge in [0.25, 0.3) is 0 Å². The van der Waals surface area contributed by atoms with Crippen LogP contribution < -0.4 is 10.6 Å². The van der Waals surface area contributed by atoms with Crippen molar-refractivity contribution in [3.8, 4) is 0 Å². The first kappa shape index (κ1) is 17.7. The number of alkyl halides is 3. The molecule has 0 aliphatic carbocycles. The summed E-state index contributed by atoms with van der Waals surface area (Å²) >= 11 is 5.56. The van der Waals surface area contributed by atoms with Gasteiger partial charge in [0, 0.05) is 31.6 Å². The van der Waals surface area contributed by atoms with Gasteiger partial charge in [-0.05, 0) is 18.2 Å². The third-order valence-corrected chi connectivity index (χ3v) is 2.81. The van der Waals surface area contributed by atoms with E-state index in [1.54, 1.807) is 7.11 Å². The third-order valence-electron chi connectivity index (χ3n) is 2.57. The number of hydrogen-bond donors (Lipinski definition) is 2. The number of benzene rings is 1. The Morgan fingerprint density at radius 2 is 2.05 bits per heavy atom. The first-order valence-electron chi connectivity index (χ1n) is 6.21. The molecule has 0 unspecified atom stereocenters. The molecule has 21 heavy (non-hydrogen) atoms. The van der Waals surface area contributed by atoms with Crippen molar-refractivity contribution in [3.63, 3.8) is 0 Å². The Hall–Kier alpha value is -1.31. The van der Waals surface area contributed by atoms with Crippen LogP contribution in [-0.4, -0.2) is 32.7 Å². The van der Waals surface area contributed by atoms with Crippen LogP contribution in [0.15, 0.2) is 18.2 Å². The summed E-state index contributed by atoms with van der Waals surface area (Å²) < 4.78 is 43.3. The predicted molar refractivity (Wildman–Crippen MR) is 74.4 cm³/mol. The molecule has 0 aromatic heterocycles. The van der Waals surface area contributed by atoms with Crippen LogP contribution in [0, 0.1) is 0 Å². The molecular formula is C13H16ClF3N2O2. The van der Waals surface area contributed by atoms with Crippen LogP contribution >= 0.6 is 11.6 Å². The molecule has 0 aliphatic rings. The van der Waals surface area contributed by atoms with Gasteiger partial charge >= 0.3 is 6.18 Å². The minimum Gasteiger partial charge on any atom is -0.383 e. The number of carbonyl (C=O) groups is 1. The topological polar surface area (TPSA) is 50.4 Å². The van der Waals surface area contributed by atoms with E-state index >= 15 is 0 Å². The average molecular weight is 325 g/mol. The summed E-state index contributed by atoms with van der Waals surface area (Å²) in [5.74, 6) is -0.507. The summed E-state index contributed by atoms with van der Waals surface area (Å²) in [4.78, 5) is 11.6. The molecule has 118 valence electrons. The molecule has 4 nitrogen and oxygen atoms in total. The second-order valence-corrected chi connectivity index (χ2v) is 4.67. The first-order chi connectivity index (χ1) is 9.84. The fraction of sp³-hybridized carbons (Fsp3) is 0.462. The van der Waals surface area contributed by atoms with Crippen LogP contribution in [-0.2, 0) is 15.7 Å². The van der Waals surface area contributed by atoms with Crippen molar-refractivity contribution in [1.82, 2.24) is 5.32 Å². The lowest BCUT2D eigenvalue weighted by molar-refractivity contribution is -0.137. The quantitative estimate of drug-likeness (QED) is 0.758. The normalized spacial score (nSPS) is 11.5. The highest BCUT2D eigenvalue weighted by Crippen LogP contribution is 2.36. The zero-order valence-electron chi connectivity index (χ0n) is 11.4. The van der Waals surface area contributed by atoms with Crippen LogP contribution in [0.1, 0.15) is 12.0 Å². The van der Waals surface area contributed by atoms with Gasteiger partial charge in [0.1, 0.15) is 0 Å². The van der Waals surface area contributed by atoms with Gasteiger partial charge in [-0.15, -0.1) is 0 Å². The molecule has 0 fully saturated rings. The maximum atomic E-state index is 12.8. The Kier molecular flexibility index (Phi) is 6.94. The van der Waals surface area contributed by atoms with E-state index in [-0.39, 0.29) is 17.1 Å². The van der Waals surface area contributed by atoms with E-state index in [1.807, 2.05) is 0 Å². The monoisotopic (exact) mass is 324 g/mol. The van der Waals surface area contributed by atoms with Crippen molar-refractivity contribution in [2.24, 2.45) is 0 Å². The number of rotatable bonds is 7. The van der Waals surface area contributed by atoms with E-state index in [4.69, 9.17) is 16.3 Å². The van der Waals surface area contributed by atoms with Gasteiger partial charge in [0.2, 0.25) is 5.91 Å². The first-order valence-corrected chi connectivity index (χ1v) is 6.58. The van der Waals surface area contributed by atoms with Crippen LogP contribution in [0.4, 0.5) is 18.9 Å². The molecule has 0 saturated heterocycles. The van der Waals surface area contributed by atoms with Crippen molar-refractivity contribution in [2.75, 3.05) is 32.1 Å². The Balaban J connectivity index is 2.60. The van der Waals surface area contributed by atoms with Crippen molar-refractivity contribution in [3.05, 3.63) is 28.8 Å². The van der Waals surface area contributed by atoms with E-state index in [1.165, 1.54) is 6.07 Å². The molecular weight excluding hydrogens is 309 g/mol. The summed E-state index contributed by atoms with van der Waals surface area (Å²) in [6, 6.07) is 3.22. The van der Waals surface area contributed by atoms with E-state index < -0.39 is 17.6 Å². The number of ether oxygens (including phenoxy) is 1. The number of halogens is 4. The van der Waals surface area contributed by atoms with Gasteiger partial charge in [-0.1, -0.05) is 11.6 Å². The largest absolute Gasteiger partial charge is 0.418 e. The van der Waals surface area contributed by atoms with Crippen molar-refractivity contribution < 1.29 is 22.7 Å². The molecule has 0 bridgehead atoms. The van der Waals surface area contributed by atoms with Gasteiger partial charge in [-0.2, -0.15) is 13.2 Å². The summed E-state index contributed by atoms with van der Waals surface area (Å²) in [6.45, 7) is 1.42. The summed E-state index contributed by atoms with van der Waals surface area (Å²) in [5, 5.41) is 5.13. The summed E-state index contributed by atoms with van der Waals surface area (Å²) in [6.07, 6.45) is -4.52. The predicted octanol–water partition coefficient (Wildman–Crippen LogP) is 2.92. The summed E-state index contributed by atoms with van der Waals surface area (Å²) in [5.41, 5.74) is -1.26. The van der Waals surface area contributed by atoms with Crippen molar-refractivity contribution in [1.29, 1.82) is 0 Å². The van der Waals surface area contributed by atoms with Gasteiger partial charge < -0.3 is 15.4 Å². The molecule has 1 amide bonds. The van der Waals surface area contributed by atoms with E-state index in [9.17, 15) is 18.0 Å². The highest BCUT2D eigenvalue weighted by atomic mass is 35.5. The van der Waals surface area contributed by atoms with E-state index in [2.05, 4.69) is 10.6 Å². The lowest BCUT2D eigenvalue weighted by Crippen LogP contribution is -2.25. The maximum absolute atomic E-state index is 12.8. The van der Waals surface area contributed by atoms with Gasteiger partial charge in [-0.25, -0.2) is 0 Å². The Bertz CT molecular complexity index is 481. The van der Waals surface area contributed by atoms with Crippen molar-refractivity contribution >= 4 is 23.2 Å². The minimum absolute atomic E-state index is 0.0402. The molecule has 0 atom stereocenters. The lowest BCUT2D eigenvalue weighted by atomic mass is 10.1. The molecule has 0 spiro atoms. The van der Waals surface area contributed by atoms with Gasteiger partial charge in [0.05, 0.1) is 17.9 Å². The second kappa shape index (κ2) is 8.21. The highest BCUT2D eigenvalue weighted by molar-refractivity contribution is 6.30. The number of hydrogen-bond acceptors (Lipinski definition) is 3. The minimum atomic E-state index is -4.58. The molecule has 0 heterocycles. The molecule has 8 heteroatoms. The molecule has 0 saturated carbocycles. The number of methoxy groups -OCH3 is 1. The number of anilines is 1. The molecule has 0 aliphatic heterocycles. The Morgan fingerprint density at radius 3 is 2.67 bits per heavy atom. The molecule has 1 aromatic rings. The molecule has 2 N–H and O–H groups in total. The lowest BCUT2D eigenvalue weighted by Gasteiger charge is -2.14. The van der Waals surface area contributed by atoms with Gasteiger partial charge in [0.15, 0.2) is 0 Å².